The molecule has 0 radical (unpaired) electrons. The maximum absolute atomic E-state index is 5.13. The summed E-state index contributed by atoms with van der Waals surface area (Å²) in [5, 5.41) is 0. The number of terminal acetylenes is 1. The summed E-state index contributed by atoms with van der Waals surface area (Å²) < 4.78 is 0. The molecule has 0 aliphatic carbocycles. The first-order valence-electron chi connectivity index (χ1n) is 3.83. The van der Waals surface area contributed by atoms with Crippen molar-refractivity contribution < 1.29 is 0 Å². The molecule has 10 heavy (non-hydrogen) atoms. The molecule has 0 nitrogen and oxygen atoms in total. The quantitative estimate of drug-likeness (QED) is 0.411. The van der Waals surface area contributed by atoms with Crippen LogP contribution in [-0.2, 0) is 0 Å². The van der Waals surface area contributed by atoms with E-state index in [-0.39, 0.29) is 0 Å². The van der Waals surface area contributed by atoms with E-state index < -0.39 is 0 Å². The molecular weight excluding hydrogens is 120 g/mol. The lowest BCUT2D eigenvalue weighted by atomic mass is 9.96. The Balaban J connectivity index is 3.54. The maximum atomic E-state index is 5.13. The zero-order valence-corrected chi connectivity index (χ0v) is 6.98. The Morgan fingerprint density at radius 3 is 2.70 bits per heavy atom. The minimum atomic E-state index is 0.633. The molecule has 0 saturated carbocycles. The van der Waals surface area contributed by atoms with E-state index in [1.165, 1.54) is 12.0 Å². The number of hydrogen-bond donors (Lipinski definition) is 0. The second kappa shape index (κ2) is 5.11. The van der Waals surface area contributed by atoms with Crippen LogP contribution in [0.1, 0.15) is 33.1 Å². The van der Waals surface area contributed by atoms with Crippen molar-refractivity contribution in [3.63, 3.8) is 0 Å². The average molecular weight is 136 g/mol. The minimum absolute atomic E-state index is 0.633. The number of allylic oxidation sites excluding steroid dienone is 1. The molecule has 0 heteroatoms. The lowest BCUT2D eigenvalue weighted by Gasteiger charge is -2.09. The first kappa shape index (κ1) is 9.30. The fourth-order valence-electron chi connectivity index (χ4n) is 0.768. The van der Waals surface area contributed by atoms with Gasteiger partial charge in [0.2, 0.25) is 0 Å². The van der Waals surface area contributed by atoms with Crippen LogP contribution in [0.25, 0.3) is 0 Å². The summed E-state index contributed by atoms with van der Waals surface area (Å²) in [6.45, 7) is 8.33. The van der Waals surface area contributed by atoms with Crippen LogP contribution >= 0.6 is 0 Å². The van der Waals surface area contributed by atoms with E-state index in [1.807, 2.05) is 0 Å². The summed E-state index contributed by atoms with van der Waals surface area (Å²) in [5.41, 5.74) is 1.29. The summed E-state index contributed by atoms with van der Waals surface area (Å²) in [6.07, 6.45) is 8.13. The molecule has 0 bridgehead atoms. The molecule has 0 aliphatic rings. The van der Waals surface area contributed by atoms with Crippen LogP contribution < -0.4 is 0 Å². The van der Waals surface area contributed by atoms with E-state index in [0.29, 0.717) is 5.92 Å². The Morgan fingerprint density at radius 1 is 1.70 bits per heavy atom. The molecule has 0 rings (SSSR count). The van der Waals surface area contributed by atoms with Crippen LogP contribution in [0.3, 0.4) is 0 Å². The highest BCUT2D eigenvalue weighted by molar-refractivity contribution is 5.02. The zero-order valence-electron chi connectivity index (χ0n) is 6.98. The van der Waals surface area contributed by atoms with Crippen molar-refractivity contribution in [2.45, 2.75) is 33.1 Å². The average Bonchev–Trinajstić information content (AvgIpc) is 1.98. The Hall–Kier alpha value is -0.700. The third kappa shape index (κ3) is 3.35. The normalized spacial score (nSPS) is 12.1. The molecular formula is C10H16. The van der Waals surface area contributed by atoms with Gasteiger partial charge in [-0.1, -0.05) is 26.0 Å². The van der Waals surface area contributed by atoms with Crippen LogP contribution in [0.2, 0.25) is 0 Å². The lowest BCUT2D eigenvalue weighted by molar-refractivity contribution is 0.629. The van der Waals surface area contributed by atoms with Gasteiger partial charge >= 0.3 is 0 Å². The van der Waals surface area contributed by atoms with Gasteiger partial charge in [-0.05, 0) is 18.8 Å². The molecule has 1 unspecified atom stereocenters. The van der Waals surface area contributed by atoms with Gasteiger partial charge in [0.25, 0.3) is 0 Å². The van der Waals surface area contributed by atoms with Gasteiger partial charge in [0.1, 0.15) is 0 Å². The van der Waals surface area contributed by atoms with E-state index in [0.717, 1.165) is 12.8 Å². The molecule has 0 N–H and O–H groups in total. The zero-order chi connectivity index (χ0) is 7.98. The van der Waals surface area contributed by atoms with Crippen LogP contribution in [-0.4, -0.2) is 0 Å². The molecule has 0 saturated heterocycles. The monoisotopic (exact) mass is 136 g/mol. The molecule has 0 aromatic heterocycles. The molecule has 0 spiro atoms. The highest BCUT2D eigenvalue weighted by Gasteiger charge is 2.01. The second-order valence-electron chi connectivity index (χ2n) is 2.67. The van der Waals surface area contributed by atoms with E-state index in [4.69, 9.17) is 6.42 Å². The second-order valence-corrected chi connectivity index (χ2v) is 2.67. The Morgan fingerprint density at radius 2 is 2.30 bits per heavy atom. The highest BCUT2D eigenvalue weighted by atomic mass is 14.1. The van der Waals surface area contributed by atoms with Gasteiger partial charge in [0.15, 0.2) is 0 Å². The van der Waals surface area contributed by atoms with Gasteiger partial charge in [-0.3, -0.25) is 0 Å². The smallest absolute Gasteiger partial charge is 0.0123 e. The molecule has 56 valence electrons. The van der Waals surface area contributed by atoms with E-state index in [2.05, 4.69) is 26.3 Å². The minimum Gasteiger partial charge on any atom is -0.120 e. The van der Waals surface area contributed by atoms with Gasteiger partial charge in [-0.25, -0.2) is 0 Å². The van der Waals surface area contributed by atoms with Crippen molar-refractivity contribution in [2.75, 3.05) is 0 Å². The standard InChI is InChI=1S/C10H16/c1-5-7-8-10(4)9(3)6-2/h1,9H,4,6-8H2,2-3H3. The van der Waals surface area contributed by atoms with Gasteiger partial charge in [-0.15, -0.1) is 12.3 Å². The fraction of sp³-hybridized carbons (Fsp3) is 0.600. The SMILES string of the molecule is C#CCCC(=C)C(C)CC. The van der Waals surface area contributed by atoms with Gasteiger partial charge < -0.3 is 0 Å². The predicted octanol–water partition coefficient (Wildman–Crippen LogP) is 3.00. The number of hydrogen-bond acceptors (Lipinski definition) is 0. The predicted molar refractivity (Wildman–Crippen MR) is 46.7 cm³/mol. The first-order valence-corrected chi connectivity index (χ1v) is 3.83. The van der Waals surface area contributed by atoms with E-state index in [1.54, 1.807) is 0 Å². The molecule has 0 aromatic carbocycles. The van der Waals surface area contributed by atoms with Gasteiger partial charge in [0.05, 0.1) is 0 Å². The third-order valence-corrected chi connectivity index (χ3v) is 1.90. The van der Waals surface area contributed by atoms with Gasteiger partial charge in [0, 0.05) is 6.42 Å². The Labute approximate surface area is 64.3 Å². The summed E-state index contributed by atoms with van der Waals surface area (Å²) in [4.78, 5) is 0. The van der Waals surface area contributed by atoms with Crippen LogP contribution in [0.4, 0.5) is 0 Å². The molecule has 0 amide bonds. The van der Waals surface area contributed by atoms with E-state index >= 15 is 0 Å². The summed E-state index contributed by atoms with van der Waals surface area (Å²) in [6, 6.07) is 0. The number of rotatable bonds is 4. The molecule has 0 aliphatic heterocycles. The Kier molecular flexibility index (Phi) is 4.76. The first-order chi connectivity index (χ1) is 4.72. The molecule has 1 atom stereocenters. The Bertz CT molecular complexity index is 137. The maximum Gasteiger partial charge on any atom is 0.0123 e. The molecule has 0 fully saturated rings. The van der Waals surface area contributed by atoms with Crippen molar-refractivity contribution in [2.24, 2.45) is 5.92 Å². The van der Waals surface area contributed by atoms with E-state index in [9.17, 15) is 0 Å². The van der Waals surface area contributed by atoms with Crippen molar-refractivity contribution in [1.82, 2.24) is 0 Å². The van der Waals surface area contributed by atoms with Crippen molar-refractivity contribution in [3.8, 4) is 12.3 Å². The lowest BCUT2D eigenvalue weighted by Crippen LogP contribution is -1.95. The van der Waals surface area contributed by atoms with Crippen molar-refractivity contribution in [3.05, 3.63) is 12.2 Å². The third-order valence-electron chi connectivity index (χ3n) is 1.90. The van der Waals surface area contributed by atoms with Gasteiger partial charge in [-0.2, -0.15) is 0 Å². The van der Waals surface area contributed by atoms with Crippen molar-refractivity contribution >= 4 is 0 Å². The molecule has 0 heterocycles. The molecule has 0 aromatic rings. The van der Waals surface area contributed by atoms with Crippen LogP contribution in [0.5, 0.6) is 0 Å². The fourth-order valence-corrected chi connectivity index (χ4v) is 0.768. The highest BCUT2D eigenvalue weighted by Crippen LogP contribution is 2.16. The summed E-state index contributed by atoms with van der Waals surface area (Å²) >= 11 is 0. The summed E-state index contributed by atoms with van der Waals surface area (Å²) in [7, 11) is 0. The largest absolute Gasteiger partial charge is 0.120 e. The van der Waals surface area contributed by atoms with Crippen molar-refractivity contribution in [1.29, 1.82) is 0 Å². The van der Waals surface area contributed by atoms with Crippen LogP contribution in [0.15, 0.2) is 12.2 Å². The topological polar surface area (TPSA) is 0 Å². The van der Waals surface area contributed by atoms with Crippen LogP contribution in [0, 0.1) is 18.3 Å². The summed E-state index contributed by atoms with van der Waals surface area (Å²) in [5.74, 6) is 3.25.